The maximum atomic E-state index is 11.3. The van der Waals surface area contributed by atoms with Gasteiger partial charge in [0.2, 0.25) is 0 Å². The van der Waals surface area contributed by atoms with E-state index in [1.165, 1.54) is 11.1 Å². The molecule has 3 heteroatoms. The van der Waals surface area contributed by atoms with Crippen molar-refractivity contribution in [2.45, 2.75) is 25.7 Å². The van der Waals surface area contributed by atoms with Crippen molar-refractivity contribution in [2.75, 3.05) is 0 Å². The molecule has 0 spiro atoms. The number of benzene rings is 2. The quantitative estimate of drug-likeness (QED) is 0.807. The molecule has 102 valence electrons. The second-order valence-corrected chi connectivity index (χ2v) is 6.06. The number of carbonyl (C=O) groups excluding carboxylic acids is 1. The van der Waals surface area contributed by atoms with E-state index in [9.17, 15) is 9.90 Å². The van der Waals surface area contributed by atoms with E-state index in [1.807, 2.05) is 12.1 Å². The lowest BCUT2D eigenvalue weighted by Crippen LogP contribution is -2.24. The summed E-state index contributed by atoms with van der Waals surface area (Å²) in [7, 11) is 0. The Balaban J connectivity index is 2.06. The minimum Gasteiger partial charge on any atom is -0.545 e. The molecule has 6 rings (SSSR count). The van der Waals surface area contributed by atoms with Crippen molar-refractivity contribution >= 4 is 21.9 Å². The second kappa shape index (κ2) is 5.41. The molecule has 0 N–H and O–H groups in total. The first-order valence-electron chi connectivity index (χ1n) is 6.74. The highest BCUT2D eigenvalue weighted by Gasteiger charge is 2.10. The van der Waals surface area contributed by atoms with Gasteiger partial charge in [0.1, 0.15) is 0 Å². The number of halogens is 1. The first kappa shape index (κ1) is 13.4. The number of hydrogen-bond donors (Lipinski definition) is 0. The summed E-state index contributed by atoms with van der Waals surface area (Å²) in [4.78, 5) is 11.3. The molecule has 0 amide bonds. The van der Waals surface area contributed by atoms with Crippen LogP contribution in [0.3, 0.4) is 0 Å². The second-order valence-electron chi connectivity index (χ2n) is 5.20. The van der Waals surface area contributed by atoms with E-state index in [1.54, 1.807) is 6.07 Å². The molecule has 0 aromatic heterocycles. The molecule has 0 unspecified atom stereocenters. The number of carbonyl (C=O) groups is 1. The van der Waals surface area contributed by atoms with Crippen LogP contribution in [0.4, 0.5) is 0 Å². The molecule has 4 aliphatic rings. The summed E-state index contributed by atoms with van der Waals surface area (Å²) in [6.07, 6.45) is 3.28. The lowest BCUT2D eigenvalue weighted by Gasteiger charge is -2.15. The van der Waals surface area contributed by atoms with Crippen molar-refractivity contribution in [3.05, 3.63) is 68.7 Å². The Kier molecular flexibility index (Phi) is 3.62. The standard InChI is InChI=1S/C17H15BrO2/c18-16-10-12-2-1-11-3-5-13(15(9-11)17(19)20)7-8-14(16)6-4-12/h3-6,9-10H,1-2,7-8H2,(H,19,20)/p-1. The van der Waals surface area contributed by atoms with E-state index in [0.717, 1.165) is 34.9 Å². The maximum Gasteiger partial charge on any atom is 0.0718 e. The largest absolute Gasteiger partial charge is 0.545 e. The van der Waals surface area contributed by atoms with Gasteiger partial charge >= 0.3 is 0 Å². The summed E-state index contributed by atoms with van der Waals surface area (Å²) >= 11 is 3.61. The Morgan fingerprint density at radius 1 is 0.900 bits per heavy atom. The minimum atomic E-state index is -1.08. The molecule has 0 atom stereocenters. The molecule has 2 aromatic rings. The summed E-state index contributed by atoms with van der Waals surface area (Å²) in [6, 6.07) is 12.2. The van der Waals surface area contributed by atoms with E-state index in [-0.39, 0.29) is 0 Å². The molecule has 0 saturated carbocycles. The van der Waals surface area contributed by atoms with E-state index in [2.05, 4.69) is 34.1 Å². The number of rotatable bonds is 1. The number of hydrogen-bond acceptors (Lipinski definition) is 2. The van der Waals surface area contributed by atoms with Gasteiger partial charge in [-0.15, -0.1) is 0 Å². The van der Waals surface area contributed by atoms with Crippen molar-refractivity contribution in [2.24, 2.45) is 0 Å². The van der Waals surface area contributed by atoms with Gasteiger partial charge in [-0.2, -0.15) is 0 Å². The Labute approximate surface area is 126 Å². The van der Waals surface area contributed by atoms with Crippen LogP contribution in [0.15, 0.2) is 40.9 Å². The molecular weight excluding hydrogens is 316 g/mol. The molecule has 2 aromatic carbocycles. The van der Waals surface area contributed by atoms with Crippen LogP contribution in [0.1, 0.15) is 32.6 Å². The summed E-state index contributed by atoms with van der Waals surface area (Å²) in [5, 5.41) is 11.3. The zero-order valence-corrected chi connectivity index (χ0v) is 12.6. The highest BCUT2D eigenvalue weighted by atomic mass is 79.9. The van der Waals surface area contributed by atoms with Gasteiger partial charge in [-0.1, -0.05) is 40.2 Å². The van der Waals surface area contributed by atoms with Crippen LogP contribution in [0.25, 0.3) is 0 Å². The van der Waals surface area contributed by atoms with Gasteiger partial charge in [0.25, 0.3) is 0 Å². The van der Waals surface area contributed by atoms with Gasteiger partial charge in [-0.3, -0.25) is 0 Å². The van der Waals surface area contributed by atoms with Crippen LogP contribution in [0.2, 0.25) is 0 Å². The first-order valence-corrected chi connectivity index (χ1v) is 7.53. The molecule has 4 aliphatic carbocycles. The summed E-state index contributed by atoms with van der Waals surface area (Å²) in [5.74, 6) is -1.08. The van der Waals surface area contributed by atoms with Crippen LogP contribution in [0, 0.1) is 0 Å². The Morgan fingerprint density at radius 3 is 2.15 bits per heavy atom. The third-order valence-electron chi connectivity index (χ3n) is 3.88. The summed E-state index contributed by atoms with van der Waals surface area (Å²) in [6.45, 7) is 0. The van der Waals surface area contributed by atoms with E-state index < -0.39 is 5.97 Å². The number of aromatic carboxylic acids is 1. The summed E-state index contributed by atoms with van der Waals surface area (Å²) in [5.41, 5.74) is 4.72. The number of carboxylic acids is 1. The van der Waals surface area contributed by atoms with Crippen molar-refractivity contribution in [3.63, 3.8) is 0 Å². The van der Waals surface area contributed by atoms with Gasteiger partial charge < -0.3 is 9.90 Å². The van der Waals surface area contributed by atoms with Gasteiger partial charge in [0, 0.05) is 10.0 Å². The van der Waals surface area contributed by atoms with E-state index in [4.69, 9.17) is 0 Å². The molecular formula is C17H14BrO2-. The lowest BCUT2D eigenvalue weighted by molar-refractivity contribution is -0.255. The van der Waals surface area contributed by atoms with Crippen molar-refractivity contribution < 1.29 is 9.90 Å². The Morgan fingerprint density at radius 2 is 1.50 bits per heavy atom. The Hall–Kier alpha value is -1.61. The summed E-state index contributed by atoms with van der Waals surface area (Å²) < 4.78 is 1.11. The monoisotopic (exact) mass is 329 g/mol. The van der Waals surface area contributed by atoms with Crippen LogP contribution < -0.4 is 5.11 Å². The van der Waals surface area contributed by atoms with Crippen LogP contribution in [-0.4, -0.2) is 5.97 Å². The Bertz CT molecular complexity index is 677. The SMILES string of the molecule is O=C([O-])c1cc2ccc1CCc1ccc(cc1Br)CC2. The average molecular weight is 330 g/mol. The van der Waals surface area contributed by atoms with Crippen molar-refractivity contribution in [1.82, 2.24) is 0 Å². The molecule has 20 heavy (non-hydrogen) atoms. The third-order valence-corrected chi connectivity index (χ3v) is 4.62. The lowest BCUT2D eigenvalue weighted by atomic mass is 9.93. The van der Waals surface area contributed by atoms with Gasteiger partial charge in [-0.05, 0) is 60.1 Å². The van der Waals surface area contributed by atoms with Crippen LogP contribution in [0.5, 0.6) is 0 Å². The number of aryl methyl sites for hydroxylation is 4. The predicted octanol–water partition coefficient (Wildman–Crippen LogP) is 2.70. The minimum absolute atomic E-state index is 0.341. The van der Waals surface area contributed by atoms with Gasteiger partial charge in [0.15, 0.2) is 0 Å². The van der Waals surface area contributed by atoms with Crippen LogP contribution >= 0.6 is 15.9 Å². The molecule has 0 saturated heterocycles. The fraction of sp³-hybridized carbons (Fsp3) is 0.235. The molecule has 4 bridgehead atoms. The van der Waals surface area contributed by atoms with Crippen LogP contribution in [-0.2, 0) is 25.7 Å². The van der Waals surface area contributed by atoms with Crippen molar-refractivity contribution in [3.8, 4) is 0 Å². The average Bonchev–Trinajstić information content (AvgIpc) is 2.42. The highest BCUT2D eigenvalue weighted by Crippen LogP contribution is 2.24. The zero-order valence-electron chi connectivity index (χ0n) is 11.0. The molecule has 0 fully saturated rings. The fourth-order valence-electron chi connectivity index (χ4n) is 2.69. The molecule has 2 nitrogen and oxygen atoms in total. The van der Waals surface area contributed by atoms with Gasteiger partial charge in [-0.25, -0.2) is 0 Å². The predicted molar refractivity (Wildman–Crippen MR) is 79.7 cm³/mol. The molecule has 0 heterocycles. The van der Waals surface area contributed by atoms with Gasteiger partial charge in [0.05, 0.1) is 5.97 Å². The first-order chi connectivity index (χ1) is 9.63. The molecule has 0 aliphatic heterocycles. The van der Waals surface area contributed by atoms with E-state index in [0.29, 0.717) is 12.0 Å². The smallest absolute Gasteiger partial charge is 0.0718 e. The zero-order chi connectivity index (χ0) is 14.1. The third kappa shape index (κ3) is 2.63. The maximum absolute atomic E-state index is 11.3. The van der Waals surface area contributed by atoms with Crippen molar-refractivity contribution in [1.29, 1.82) is 0 Å². The molecule has 0 radical (unpaired) electrons. The highest BCUT2D eigenvalue weighted by molar-refractivity contribution is 9.10. The number of carboxylic acid groups (broad SMARTS) is 1. The fourth-order valence-corrected chi connectivity index (χ4v) is 3.32. The van der Waals surface area contributed by atoms with E-state index >= 15 is 0 Å². The normalized spacial score (nSPS) is 13.8. The topological polar surface area (TPSA) is 40.1 Å².